The molecule has 0 radical (unpaired) electrons. The zero-order valence-corrected chi connectivity index (χ0v) is 7.38. The van der Waals surface area contributed by atoms with Crippen LogP contribution in [0.5, 0.6) is 0 Å². The lowest BCUT2D eigenvalue weighted by Crippen LogP contribution is -2.45. The minimum Gasteiger partial charge on any atom is -0.396 e. The standard InChI is InChI=1S/C9H18O2/c1-7(2)8-3-9(4-8,5-10)6-11/h7-8,10-11H,3-6H2,1-2H3. The molecule has 0 aromatic carbocycles. The van der Waals surface area contributed by atoms with E-state index in [9.17, 15) is 0 Å². The lowest BCUT2D eigenvalue weighted by molar-refractivity contribution is -0.0626. The molecular weight excluding hydrogens is 140 g/mol. The van der Waals surface area contributed by atoms with Gasteiger partial charge in [-0.1, -0.05) is 13.8 Å². The second-order valence-corrected chi connectivity index (χ2v) is 4.23. The van der Waals surface area contributed by atoms with Crippen LogP contribution in [0, 0.1) is 17.3 Å². The first kappa shape index (κ1) is 9.01. The van der Waals surface area contributed by atoms with Crippen molar-refractivity contribution < 1.29 is 10.2 Å². The average molecular weight is 158 g/mol. The molecule has 2 heteroatoms. The summed E-state index contributed by atoms with van der Waals surface area (Å²) in [4.78, 5) is 0. The van der Waals surface area contributed by atoms with Crippen LogP contribution >= 0.6 is 0 Å². The maximum atomic E-state index is 8.98. The highest BCUT2D eigenvalue weighted by Gasteiger charge is 2.44. The first-order chi connectivity index (χ1) is 5.13. The van der Waals surface area contributed by atoms with E-state index in [1.165, 1.54) is 0 Å². The molecule has 1 aliphatic rings. The van der Waals surface area contributed by atoms with Gasteiger partial charge in [0, 0.05) is 5.41 Å². The fourth-order valence-corrected chi connectivity index (χ4v) is 1.83. The summed E-state index contributed by atoms with van der Waals surface area (Å²) in [5, 5.41) is 18.0. The molecule has 0 aromatic rings. The Hall–Kier alpha value is -0.0800. The number of hydrogen-bond acceptors (Lipinski definition) is 2. The molecule has 1 saturated carbocycles. The second kappa shape index (κ2) is 3.11. The molecule has 0 heterocycles. The zero-order valence-electron chi connectivity index (χ0n) is 7.38. The van der Waals surface area contributed by atoms with E-state index in [0.717, 1.165) is 12.8 Å². The number of rotatable bonds is 3. The van der Waals surface area contributed by atoms with Crippen LogP contribution < -0.4 is 0 Å². The third-order valence-electron chi connectivity index (χ3n) is 3.00. The normalized spacial score (nSPS) is 23.7. The Morgan fingerprint density at radius 2 is 1.73 bits per heavy atom. The van der Waals surface area contributed by atoms with E-state index in [-0.39, 0.29) is 18.6 Å². The van der Waals surface area contributed by atoms with E-state index >= 15 is 0 Å². The van der Waals surface area contributed by atoms with Crippen molar-refractivity contribution in [2.24, 2.45) is 17.3 Å². The molecule has 1 aliphatic carbocycles. The SMILES string of the molecule is CC(C)C1CC(CO)(CO)C1. The van der Waals surface area contributed by atoms with Gasteiger partial charge in [-0.25, -0.2) is 0 Å². The topological polar surface area (TPSA) is 40.5 Å². The average Bonchev–Trinajstić information content (AvgIpc) is 1.87. The Morgan fingerprint density at radius 3 is 2.00 bits per heavy atom. The van der Waals surface area contributed by atoms with Gasteiger partial charge < -0.3 is 10.2 Å². The van der Waals surface area contributed by atoms with Crippen molar-refractivity contribution in [2.75, 3.05) is 13.2 Å². The Labute approximate surface area is 68.2 Å². The van der Waals surface area contributed by atoms with Crippen LogP contribution in [0.4, 0.5) is 0 Å². The Bertz CT molecular complexity index is 120. The quantitative estimate of drug-likeness (QED) is 0.644. The zero-order chi connectivity index (χ0) is 8.48. The maximum absolute atomic E-state index is 8.98. The van der Waals surface area contributed by atoms with Gasteiger partial charge in [-0.3, -0.25) is 0 Å². The maximum Gasteiger partial charge on any atom is 0.0509 e. The van der Waals surface area contributed by atoms with Crippen LogP contribution in [0.1, 0.15) is 26.7 Å². The van der Waals surface area contributed by atoms with Crippen molar-refractivity contribution in [1.82, 2.24) is 0 Å². The van der Waals surface area contributed by atoms with Crippen molar-refractivity contribution in [1.29, 1.82) is 0 Å². The third kappa shape index (κ3) is 1.57. The Morgan fingerprint density at radius 1 is 1.27 bits per heavy atom. The van der Waals surface area contributed by atoms with Crippen LogP contribution in [0.15, 0.2) is 0 Å². The van der Waals surface area contributed by atoms with Crippen LogP contribution in [-0.2, 0) is 0 Å². The Kier molecular flexibility index (Phi) is 2.55. The number of aliphatic hydroxyl groups is 2. The van der Waals surface area contributed by atoms with Crippen molar-refractivity contribution in [3.63, 3.8) is 0 Å². The summed E-state index contributed by atoms with van der Waals surface area (Å²) in [6, 6.07) is 0. The summed E-state index contributed by atoms with van der Waals surface area (Å²) < 4.78 is 0. The lowest BCUT2D eigenvalue weighted by Gasteiger charge is -2.47. The van der Waals surface area contributed by atoms with E-state index in [2.05, 4.69) is 13.8 Å². The largest absolute Gasteiger partial charge is 0.396 e. The van der Waals surface area contributed by atoms with Gasteiger partial charge in [0.15, 0.2) is 0 Å². The molecule has 1 fully saturated rings. The molecule has 2 N–H and O–H groups in total. The van der Waals surface area contributed by atoms with Crippen molar-refractivity contribution in [2.45, 2.75) is 26.7 Å². The molecule has 0 spiro atoms. The molecule has 66 valence electrons. The molecule has 2 nitrogen and oxygen atoms in total. The summed E-state index contributed by atoms with van der Waals surface area (Å²) in [5.41, 5.74) is -0.130. The van der Waals surface area contributed by atoms with Crippen LogP contribution in [0.2, 0.25) is 0 Å². The van der Waals surface area contributed by atoms with Gasteiger partial charge in [0.05, 0.1) is 13.2 Å². The monoisotopic (exact) mass is 158 g/mol. The number of hydrogen-bond donors (Lipinski definition) is 2. The van der Waals surface area contributed by atoms with Gasteiger partial charge in [0.2, 0.25) is 0 Å². The van der Waals surface area contributed by atoms with Gasteiger partial charge in [-0.05, 0) is 24.7 Å². The van der Waals surface area contributed by atoms with Crippen LogP contribution in [0.3, 0.4) is 0 Å². The van der Waals surface area contributed by atoms with Crippen molar-refractivity contribution in [3.05, 3.63) is 0 Å². The lowest BCUT2D eigenvalue weighted by atomic mass is 9.59. The molecular formula is C9H18O2. The molecule has 11 heavy (non-hydrogen) atoms. The highest BCUT2D eigenvalue weighted by atomic mass is 16.3. The molecule has 0 amide bonds. The van der Waals surface area contributed by atoms with E-state index < -0.39 is 0 Å². The van der Waals surface area contributed by atoms with Gasteiger partial charge in [-0.15, -0.1) is 0 Å². The highest BCUT2D eigenvalue weighted by Crippen LogP contribution is 2.48. The smallest absolute Gasteiger partial charge is 0.0509 e. The van der Waals surface area contributed by atoms with Crippen LogP contribution in [-0.4, -0.2) is 23.4 Å². The fraction of sp³-hybridized carbons (Fsp3) is 1.00. The third-order valence-corrected chi connectivity index (χ3v) is 3.00. The molecule has 0 atom stereocenters. The minimum absolute atomic E-state index is 0.130. The predicted molar refractivity (Wildman–Crippen MR) is 44.2 cm³/mol. The number of aliphatic hydroxyl groups excluding tert-OH is 2. The van der Waals surface area contributed by atoms with E-state index in [4.69, 9.17) is 10.2 Å². The molecule has 0 aromatic heterocycles. The van der Waals surface area contributed by atoms with Crippen molar-refractivity contribution >= 4 is 0 Å². The highest BCUT2D eigenvalue weighted by molar-refractivity contribution is 4.93. The first-order valence-electron chi connectivity index (χ1n) is 4.35. The molecule has 0 unspecified atom stereocenters. The van der Waals surface area contributed by atoms with Gasteiger partial charge in [0.1, 0.15) is 0 Å². The minimum atomic E-state index is -0.130. The van der Waals surface area contributed by atoms with Gasteiger partial charge in [0.25, 0.3) is 0 Å². The van der Waals surface area contributed by atoms with Crippen molar-refractivity contribution in [3.8, 4) is 0 Å². The first-order valence-corrected chi connectivity index (χ1v) is 4.35. The predicted octanol–water partition coefficient (Wildman–Crippen LogP) is 1.02. The van der Waals surface area contributed by atoms with E-state index in [0.29, 0.717) is 11.8 Å². The van der Waals surface area contributed by atoms with E-state index in [1.807, 2.05) is 0 Å². The van der Waals surface area contributed by atoms with E-state index in [1.54, 1.807) is 0 Å². The summed E-state index contributed by atoms with van der Waals surface area (Å²) in [5.74, 6) is 1.41. The molecule has 1 rings (SSSR count). The summed E-state index contributed by atoms with van der Waals surface area (Å²) >= 11 is 0. The second-order valence-electron chi connectivity index (χ2n) is 4.23. The summed E-state index contributed by atoms with van der Waals surface area (Å²) in [6.45, 7) is 4.69. The molecule has 0 bridgehead atoms. The Balaban J connectivity index is 2.35. The fourth-order valence-electron chi connectivity index (χ4n) is 1.83. The summed E-state index contributed by atoms with van der Waals surface area (Å²) in [6.07, 6.45) is 2.00. The van der Waals surface area contributed by atoms with Crippen LogP contribution in [0.25, 0.3) is 0 Å². The van der Waals surface area contributed by atoms with Gasteiger partial charge in [-0.2, -0.15) is 0 Å². The molecule has 0 saturated heterocycles. The summed E-state index contributed by atoms with van der Waals surface area (Å²) in [7, 11) is 0. The van der Waals surface area contributed by atoms with Gasteiger partial charge >= 0.3 is 0 Å². The molecule has 0 aliphatic heterocycles.